The highest BCUT2D eigenvalue weighted by Gasteiger charge is 2.33. The SMILES string of the molecule is COc1cc(/C=C2\SC(=Nc3ccc([N+](=O)[O-])cc3)N(CCc3c[nH]c4ccccc34)C2=O)c(Br)cc1OCc1ccc(F)cc1. The zero-order valence-electron chi connectivity index (χ0n) is 24.4. The number of nitrogens with zero attached hydrogens (tertiary/aromatic N) is 3. The normalized spacial score (nSPS) is 14.8. The number of aliphatic imine (C=N–C) groups is 1. The minimum atomic E-state index is -0.468. The number of halogens is 2. The number of ether oxygens (including phenoxy) is 2. The van der Waals surface area contributed by atoms with E-state index < -0.39 is 4.92 Å². The fourth-order valence-electron chi connectivity index (χ4n) is 4.94. The molecule has 1 aliphatic heterocycles. The van der Waals surface area contributed by atoms with Crippen LogP contribution in [0.2, 0.25) is 0 Å². The number of nitro groups is 1. The van der Waals surface area contributed by atoms with Gasteiger partial charge < -0.3 is 14.5 Å². The lowest BCUT2D eigenvalue weighted by atomic mass is 10.1. The van der Waals surface area contributed by atoms with Gasteiger partial charge in [0.2, 0.25) is 0 Å². The molecule has 0 atom stereocenters. The van der Waals surface area contributed by atoms with Crippen LogP contribution in [0.25, 0.3) is 17.0 Å². The van der Waals surface area contributed by atoms with Crippen LogP contribution in [0.15, 0.2) is 105 Å². The summed E-state index contributed by atoms with van der Waals surface area (Å²) in [4.78, 5) is 34.6. The molecular formula is C34H26BrFN4O5S. The maximum Gasteiger partial charge on any atom is 0.269 e. The molecule has 6 rings (SSSR count). The van der Waals surface area contributed by atoms with Crippen molar-refractivity contribution < 1.29 is 23.6 Å². The first-order chi connectivity index (χ1) is 22.3. The van der Waals surface area contributed by atoms with Gasteiger partial charge in [-0.2, -0.15) is 0 Å². The van der Waals surface area contributed by atoms with Crippen molar-refractivity contribution >= 4 is 67.1 Å². The van der Waals surface area contributed by atoms with Crippen LogP contribution in [-0.2, 0) is 17.8 Å². The van der Waals surface area contributed by atoms with Crippen molar-refractivity contribution in [1.82, 2.24) is 9.88 Å². The van der Waals surface area contributed by atoms with E-state index in [1.807, 2.05) is 30.5 Å². The number of fused-ring (bicyclic) bond motifs is 1. The Hall–Kier alpha value is -4.94. The summed E-state index contributed by atoms with van der Waals surface area (Å²) in [5.41, 5.74) is 4.03. The number of carbonyl (C=O) groups is 1. The van der Waals surface area contributed by atoms with Gasteiger partial charge in [-0.3, -0.25) is 19.8 Å². The van der Waals surface area contributed by atoms with Crippen LogP contribution in [0.3, 0.4) is 0 Å². The summed E-state index contributed by atoms with van der Waals surface area (Å²) < 4.78 is 25.5. The fraction of sp³-hybridized carbons (Fsp3) is 0.118. The second-order valence-electron chi connectivity index (χ2n) is 10.3. The molecule has 4 aromatic carbocycles. The number of hydrogen-bond acceptors (Lipinski definition) is 7. The van der Waals surface area contributed by atoms with Gasteiger partial charge in [0, 0.05) is 40.2 Å². The number of nitro benzene ring substituents is 1. The number of non-ortho nitro benzene ring substituents is 1. The number of benzene rings is 4. The number of H-pyrrole nitrogens is 1. The quantitative estimate of drug-likeness (QED) is 0.0890. The molecule has 0 bridgehead atoms. The average Bonchev–Trinajstić information content (AvgIpc) is 3.60. The van der Waals surface area contributed by atoms with E-state index in [-0.39, 0.29) is 24.0 Å². The van der Waals surface area contributed by atoms with Crippen LogP contribution in [0, 0.1) is 15.9 Å². The maximum absolute atomic E-state index is 13.9. The number of rotatable bonds is 10. The van der Waals surface area contributed by atoms with Gasteiger partial charge in [-0.25, -0.2) is 9.38 Å². The fourth-order valence-corrected chi connectivity index (χ4v) is 6.39. The summed E-state index contributed by atoms with van der Waals surface area (Å²) in [5.74, 6) is 0.405. The molecule has 0 radical (unpaired) electrons. The summed E-state index contributed by atoms with van der Waals surface area (Å²) in [6, 6.07) is 23.5. The number of para-hydroxylation sites is 1. The van der Waals surface area contributed by atoms with E-state index in [1.54, 1.807) is 47.4 Å². The van der Waals surface area contributed by atoms with Crippen LogP contribution in [-0.4, -0.2) is 39.5 Å². The van der Waals surface area contributed by atoms with Gasteiger partial charge in [-0.1, -0.05) is 46.3 Å². The monoisotopic (exact) mass is 700 g/mol. The number of carbonyl (C=O) groups excluding carboxylic acids is 1. The van der Waals surface area contributed by atoms with Crippen LogP contribution in [0.1, 0.15) is 16.7 Å². The number of thioether (sulfide) groups is 1. The number of nitrogens with one attached hydrogen (secondary N) is 1. The van der Waals surface area contributed by atoms with Gasteiger partial charge in [0.1, 0.15) is 12.4 Å². The molecule has 1 saturated heterocycles. The zero-order chi connectivity index (χ0) is 32.2. The number of aromatic amines is 1. The number of aromatic nitrogens is 1. The number of amides is 1. The van der Waals surface area contributed by atoms with Crippen molar-refractivity contribution in [1.29, 1.82) is 0 Å². The molecule has 0 spiro atoms. The van der Waals surface area contributed by atoms with Gasteiger partial charge in [0.05, 0.1) is 22.6 Å². The van der Waals surface area contributed by atoms with Gasteiger partial charge in [0.15, 0.2) is 16.7 Å². The van der Waals surface area contributed by atoms with Gasteiger partial charge in [-0.15, -0.1) is 0 Å². The Kier molecular flexibility index (Phi) is 9.18. The van der Waals surface area contributed by atoms with Gasteiger partial charge in [-0.05, 0) is 83.4 Å². The molecule has 1 amide bonds. The smallest absolute Gasteiger partial charge is 0.269 e. The topological polar surface area (TPSA) is 110 Å². The Labute approximate surface area is 276 Å². The zero-order valence-corrected chi connectivity index (χ0v) is 26.8. The summed E-state index contributed by atoms with van der Waals surface area (Å²) in [6.07, 6.45) is 4.30. The van der Waals surface area contributed by atoms with E-state index in [2.05, 4.69) is 20.9 Å². The first-order valence-electron chi connectivity index (χ1n) is 14.1. The predicted octanol–water partition coefficient (Wildman–Crippen LogP) is 8.41. The molecule has 1 N–H and O–H groups in total. The molecular weight excluding hydrogens is 675 g/mol. The lowest BCUT2D eigenvalue weighted by molar-refractivity contribution is -0.384. The minimum Gasteiger partial charge on any atom is -0.493 e. The Morgan fingerprint density at radius 2 is 1.83 bits per heavy atom. The van der Waals surface area contributed by atoms with Crippen LogP contribution in [0.4, 0.5) is 15.8 Å². The highest BCUT2D eigenvalue weighted by Crippen LogP contribution is 2.39. The Morgan fingerprint density at radius 3 is 2.57 bits per heavy atom. The molecule has 0 aliphatic carbocycles. The Morgan fingerprint density at radius 1 is 1.07 bits per heavy atom. The summed E-state index contributed by atoms with van der Waals surface area (Å²) in [5, 5.41) is 12.7. The third-order valence-electron chi connectivity index (χ3n) is 7.33. The molecule has 1 aromatic heterocycles. The standard InChI is InChI=1S/C34H26BrFN4O5S/c1-44-30-16-23(28(35)18-31(30)45-20-21-6-8-24(36)9-7-21)17-32-33(41)39(15-14-22-19-37-29-5-3-2-4-27(22)29)34(46-32)38-25-10-12-26(13-11-25)40(42)43/h2-13,16-19,37H,14-15,20H2,1H3/b32-17-,38-34?. The molecule has 1 fully saturated rings. The maximum atomic E-state index is 13.9. The second-order valence-corrected chi connectivity index (χ2v) is 12.1. The van der Waals surface area contributed by atoms with Gasteiger partial charge >= 0.3 is 0 Å². The van der Waals surface area contributed by atoms with Crippen molar-refractivity contribution in [3.05, 3.63) is 133 Å². The lowest BCUT2D eigenvalue weighted by Gasteiger charge is -2.15. The highest BCUT2D eigenvalue weighted by atomic mass is 79.9. The summed E-state index contributed by atoms with van der Waals surface area (Å²) in [6.45, 7) is 0.587. The molecule has 9 nitrogen and oxygen atoms in total. The minimum absolute atomic E-state index is 0.0419. The van der Waals surface area contributed by atoms with Crippen molar-refractivity contribution in [2.45, 2.75) is 13.0 Å². The van der Waals surface area contributed by atoms with E-state index >= 15 is 0 Å². The lowest BCUT2D eigenvalue weighted by Crippen LogP contribution is -2.31. The van der Waals surface area contributed by atoms with Crippen molar-refractivity contribution in [2.75, 3.05) is 13.7 Å². The molecule has 0 saturated carbocycles. The third kappa shape index (κ3) is 6.82. The molecule has 12 heteroatoms. The number of hydrogen-bond donors (Lipinski definition) is 1. The molecule has 5 aromatic rings. The van der Waals surface area contributed by atoms with E-state index in [9.17, 15) is 19.3 Å². The van der Waals surface area contributed by atoms with Crippen molar-refractivity contribution in [3.8, 4) is 11.5 Å². The van der Waals surface area contributed by atoms with Crippen LogP contribution < -0.4 is 9.47 Å². The predicted molar refractivity (Wildman–Crippen MR) is 181 cm³/mol. The highest BCUT2D eigenvalue weighted by molar-refractivity contribution is 9.10. The third-order valence-corrected chi connectivity index (χ3v) is 9.02. The molecule has 1 aliphatic rings. The van der Waals surface area contributed by atoms with E-state index in [1.165, 1.54) is 43.1 Å². The largest absolute Gasteiger partial charge is 0.493 e. The van der Waals surface area contributed by atoms with Crippen molar-refractivity contribution in [2.24, 2.45) is 4.99 Å². The number of methoxy groups -OCH3 is 1. The average molecular weight is 702 g/mol. The first-order valence-corrected chi connectivity index (χ1v) is 15.7. The molecule has 232 valence electrons. The molecule has 0 unspecified atom stereocenters. The number of amidine groups is 1. The van der Waals surface area contributed by atoms with E-state index in [4.69, 9.17) is 14.5 Å². The van der Waals surface area contributed by atoms with Gasteiger partial charge in [0.25, 0.3) is 11.6 Å². The molecule has 2 heterocycles. The van der Waals surface area contributed by atoms with E-state index in [0.29, 0.717) is 50.3 Å². The second kappa shape index (κ2) is 13.6. The Bertz CT molecular complexity index is 1990. The summed E-state index contributed by atoms with van der Waals surface area (Å²) >= 11 is 4.83. The van der Waals surface area contributed by atoms with Crippen LogP contribution in [0.5, 0.6) is 11.5 Å². The molecule has 46 heavy (non-hydrogen) atoms. The summed E-state index contributed by atoms with van der Waals surface area (Å²) in [7, 11) is 1.53. The van der Waals surface area contributed by atoms with Crippen molar-refractivity contribution in [3.63, 3.8) is 0 Å². The Balaban J connectivity index is 1.28. The van der Waals surface area contributed by atoms with E-state index in [0.717, 1.165) is 22.0 Å². The first kappa shape index (κ1) is 31.1. The van der Waals surface area contributed by atoms with Crippen LogP contribution >= 0.6 is 27.7 Å².